The van der Waals surface area contributed by atoms with Gasteiger partial charge in [0.05, 0.1) is 11.2 Å². The third kappa shape index (κ3) is 2.20. The largest absolute Gasteiger partial charge is 0.329 e. The van der Waals surface area contributed by atoms with Crippen molar-refractivity contribution in [2.24, 2.45) is 0 Å². The van der Waals surface area contributed by atoms with E-state index in [4.69, 9.17) is 23.8 Å². The highest BCUT2D eigenvalue weighted by molar-refractivity contribution is 9.10. The number of aromatic amines is 1. The summed E-state index contributed by atoms with van der Waals surface area (Å²) in [5.41, 5.74) is 1.55. The van der Waals surface area contributed by atoms with Crippen molar-refractivity contribution in [3.05, 3.63) is 50.5 Å². The monoisotopic (exact) mass is 357 g/mol. The average molecular weight is 359 g/mol. The zero-order chi connectivity index (χ0) is 13.6. The van der Waals surface area contributed by atoms with Crippen molar-refractivity contribution >= 4 is 50.9 Å². The summed E-state index contributed by atoms with van der Waals surface area (Å²) in [6.45, 7) is 0. The molecule has 1 aromatic carbocycles. The van der Waals surface area contributed by atoms with Crippen LogP contribution in [0.1, 0.15) is 0 Å². The van der Waals surface area contributed by atoms with E-state index in [0.717, 1.165) is 9.99 Å². The minimum atomic E-state index is -0.411. The van der Waals surface area contributed by atoms with Gasteiger partial charge in [0.25, 0.3) is 0 Å². The molecule has 0 bridgehead atoms. The Morgan fingerprint density at radius 3 is 2.95 bits per heavy atom. The standard InChI is InChI=1S/C12H6BrClFN3S/c13-6-3-9-11(16-5-6)18(12(19)17-9)10-4-7(14)1-2-8(10)15/h1-5H,(H,17,19). The van der Waals surface area contributed by atoms with Gasteiger partial charge in [-0.15, -0.1) is 0 Å². The van der Waals surface area contributed by atoms with Gasteiger partial charge in [-0.3, -0.25) is 4.57 Å². The Morgan fingerprint density at radius 1 is 1.37 bits per heavy atom. The first-order valence-corrected chi connectivity index (χ1v) is 6.86. The molecule has 96 valence electrons. The lowest BCUT2D eigenvalue weighted by Crippen LogP contribution is -1.99. The Hall–Kier alpha value is -1.24. The summed E-state index contributed by atoms with van der Waals surface area (Å²) < 4.78 is 16.6. The van der Waals surface area contributed by atoms with Crippen molar-refractivity contribution in [1.29, 1.82) is 0 Å². The van der Waals surface area contributed by atoms with Crippen LogP contribution < -0.4 is 0 Å². The summed E-state index contributed by atoms with van der Waals surface area (Å²) >= 11 is 14.5. The van der Waals surface area contributed by atoms with E-state index >= 15 is 0 Å². The van der Waals surface area contributed by atoms with Crippen molar-refractivity contribution in [2.45, 2.75) is 0 Å². The van der Waals surface area contributed by atoms with Crippen LogP contribution in [0.5, 0.6) is 0 Å². The highest BCUT2D eigenvalue weighted by atomic mass is 79.9. The van der Waals surface area contributed by atoms with Gasteiger partial charge in [0.2, 0.25) is 0 Å². The number of benzene rings is 1. The topological polar surface area (TPSA) is 33.6 Å². The van der Waals surface area contributed by atoms with Crippen LogP contribution in [0.4, 0.5) is 4.39 Å². The third-order valence-electron chi connectivity index (χ3n) is 2.64. The van der Waals surface area contributed by atoms with Crippen LogP contribution in [-0.2, 0) is 0 Å². The number of nitrogens with one attached hydrogen (secondary N) is 1. The van der Waals surface area contributed by atoms with Crippen LogP contribution in [0.15, 0.2) is 34.9 Å². The number of pyridine rings is 1. The molecule has 3 aromatic rings. The van der Waals surface area contributed by atoms with Crippen LogP contribution in [0.2, 0.25) is 5.02 Å². The molecule has 0 unspecified atom stereocenters. The van der Waals surface area contributed by atoms with Crippen molar-refractivity contribution in [1.82, 2.24) is 14.5 Å². The van der Waals surface area contributed by atoms with Crippen LogP contribution in [-0.4, -0.2) is 14.5 Å². The Balaban J connectivity index is 2.39. The van der Waals surface area contributed by atoms with E-state index < -0.39 is 5.82 Å². The Labute approximate surface area is 126 Å². The van der Waals surface area contributed by atoms with E-state index in [0.29, 0.717) is 15.4 Å². The molecule has 0 fully saturated rings. The van der Waals surface area contributed by atoms with Gasteiger partial charge in [-0.05, 0) is 52.4 Å². The summed E-state index contributed by atoms with van der Waals surface area (Å²) in [5.74, 6) is -0.411. The number of nitrogens with zero attached hydrogens (tertiary/aromatic N) is 2. The van der Waals surface area contributed by atoms with Gasteiger partial charge < -0.3 is 4.98 Å². The summed E-state index contributed by atoms with van der Waals surface area (Å²) in [6, 6.07) is 6.14. The number of H-pyrrole nitrogens is 1. The molecule has 1 N–H and O–H groups in total. The smallest absolute Gasteiger partial charge is 0.184 e. The summed E-state index contributed by atoms with van der Waals surface area (Å²) in [7, 11) is 0. The van der Waals surface area contributed by atoms with Gasteiger partial charge in [-0.1, -0.05) is 11.6 Å². The molecule has 3 rings (SSSR count). The van der Waals surface area contributed by atoms with E-state index in [2.05, 4.69) is 25.9 Å². The third-order valence-corrected chi connectivity index (χ3v) is 3.59. The Morgan fingerprint density at radius 2 is 2.16 bits per heavy atom. The highest BCUT2D eigenvalue weighted by Gasteiger charge is 2.12. The highest BCUT2D eigenvalue weighted by Crippen LogP contribution is 2.24. The van der Waals surface area contributed by atoms with E-state index in [1.807, 2.05) is 6.07 Å². The zero-order valence-corrected chi connectivity index (χ0v) is 12.5. The second kappa shape index (κ2) is 4.70. The lowest BCUT2D eigenvalue weighted by Gasteiger charge is -2.05. The first-order valence-electron chi connectivity index (χ1n) is 5.28. The van der Waals surface area contributed by atoms with E-state index in [1.54, 1.807) is 6.20 Å². The van der Waals surface area contributed by atoms with Crippen molar-refractivity contribution in [3.8, 4) is 5.69 Å². The summed E-state index contributed by atoms with van der Waals surface area (Å²) in [6.07, 6.45) is 1.63. The molecule has 0 amide bonds. The Bertz CT molecular complexity index is 843. The van der Waals surface area contributed by atoms with E-state index in [9.17, 15) is 4.39 Å². The van der Waals surface area contributed by atoms with E-state index in [1.165, 1.54) is 22.8 Å². The Kier molecular flexibility index (Phi) is 3.16. The second-order valence-electron chi connectivity index (χ2n) is 3.89. The van der Waals surface area contributed by atoms with Crippen molar-refractivity contribution < 1.29 is 4.39 Å². The number of fused-ring (bicyclic) bond motifs is 1. The van der Waals surface area contributed by atoms with Gasteiger partial charge in [0.15, 0.2) is 10.4 Å². The van der Waals surface area contributed by atoms with Gasteiger partial charge in [0.1, 0.15) is 5.82 Å². The molecule has 0 radical (unpaired) electrons. The fourth-order valence-corrected chi connectivity index (χ4v) is 2.64. The predicted molar refractivity (Wildman–Crippen MR) is 78.9 cm³/mol. The van der Waals surface area contributed by atoms with Gasteiger partial charge in [-0.2, -0.15) is 0 Å². The maximum Gasteiger partial charge on any atom is 0.184 e. The molecule has 0 atom stereocenters. The van der Waals surface area contributed by atoms with Gasteiger partial charge in [0, 0.05) is 15.7 Å². The molecule has 0 aliphatic rings. The summed E-state index contributed by atoms with van der Waals surface area (Å²) in [4.78, 5) is 7.25. The first kappa shape index (κ1) is 12.8. The SMILES string of the molecule is Fc1ccc(Cl)cc1-n1c(=S)[nH]c2cc(Br)cnc21. The van der Waals surface area contributed by atoms with Crippen LogP contribution in [0.25, 0.3) is 16.9 Å². The molecule has 0 aliphatic heterocycles. The molecule has 7 heteroatoms. The van der Waals surface area contributed by atoms with Gasteiger partial charge >= 0.3 is 0 Å². The zero-order valence-electron chi connectivity index (χ0n) is 9.32. The lowest BCUT2D eigenvalue weighted by atomic mass is 10.3. The van der Waals surface area contributed by atoms with Gasteiger partial charge in [-0.25, -0.2) is 9.37 Å². The maximum absolute atomic E-state index is 13.9. The van der Waals surface area contributed by atoms with Crippen molar-refractivity contribution in [3.63, 3.8) is 0 Å². The lowest BCUT2D eigenvalue weighted by molar-refractivity contribution is 0.618. The fourth-order valence-electron chi connectivity index (χ4n) is 1.85. The number of hydrogen-bond donors (Lipinski definition) is 1. The first-order chi connectivity index (χ1) is 9.06. The molecule has 2 aromatic heterocycles. The predicted octanol–water partition coefficient (Wildman–Crippen LogP) is 4.64. The molecule has 0 aliphatic carbocycles. The number of rotatable bonds is 1. The normalized spacial score (nSPS) is 11.1. The van der Waals surface area contributed by atoms with Crippen molar-refractivity contribution in [2.75, 3.05) is 0 Å². The number of imidazole rings is 1. The minimum absolute atomic E-state index is 0.276. The summed E-state index contributed by atoms with van der Waals surface area (Å²) in [5, 5.41) is 0.435. The molecular weight excluding hydrogens is 353 g/mol. The van der Waals surface area contributed by atoms with Crippen LogP contribution in [0.3, 0.4) is 0 Å². The molecule has 0 spiro atoms. The molecule has 19 heavy (non-hydrogen) atoms. The fraction of sp³-hybridized carbons (Fsp3) is 0. The molecule has 0 saturated carbocycles. The van der Waals surface area contributed by atoms with E-state index in [-0.39, 0.29) is 5.69 Å². The molecule has 0 saturated heterocycles. The van der Waals surface area contributed by atoms with Crippen LogP contribution >= 0.6 is 39.7 Å². The minimum Gasteiger partial charge on any atom is -0.329 e. The molecular formula is C12H6BrClFN3S. The number of aromatic nitrogens is 3. The molecule has 3 nitrogen and oxygen atoms in total. The number of halogens is 3. The average Bonchev–Trinajstić information content (AvgIpc) is 2.67. The quantitative estimate of drug-likeness (QED) is 0.643. The maximum atomic E-state index is 13.9. The second-order valence-corrected chi connectivity index (χ2v) is 5.62. The molecule has 2 heterocycles. The van der Waals surface area contributed by atoms with Crippen LogP contribution in [0, 0.1) is 10.6 Å². The number of hydrogen-bond acceptors (Lipinski definition) is 2.